The van der Waals surface area contributed by atoms with Gasteiger partial charge in [0.05, 0.1) is 5.38 Å². The summed E-state index contributed by atoms with van der Waals surface area (Å²) in [7, 11) is 0. The molecule has 1 rings (SSSR count). The zero-order valence-electron chi connectivity index (χ0n) is 8.50. The largest absolute Gasteiger partial charge is 0.237 e. The second-order valence-electron chi connectivity index (χ2n) is 3.56. The Morgan fingerprint density at radius 3 is 2.31 bits per heavy atom. The molecule has 1 aromatic rings. The molecule has 0 aromatic carbocycles. The number of rotatable bonds is 2. The fraction of sp³-hybridized carbons (Fsp3) is 0.600. The second-order valence-corrected chi connectivity index (χ2v) is 4.22. The molecule has 0 aliphatic carbocycles. The van der Waals surface area contributed by atoms with Crippen LogP contribution in [0.25, 0.3) is 0 Å². The summed E-state index contributed by atoms with van der Waals surface area (Å²) in [6.07, 6.45) is 0. The molecule has 13 heavy (non-hydrogen) atoms. The third-order valence-corrected chi connectivity index (χ3v) is 2.03. The van der Waals surface area contributed by atoms with Crippen molar-refractivity contribution in [2.75, 3.05) is 0 Å². The minimum Gasteiger partial charge on any atom is -0.237 e. The van der Waals surface area contributed by atoms with Gasteiger partial charge in [-0.25, -0.2) is 9.97 Å². The molecule has 0 aliphatic rings. The minimum absolute atomic E-state index is 0.114. The predicted molar refractivity (Wildman–Crippen MR) is 55.1 cm³/mol. The average Bonchev–Trinajstić information content (AvgIpc) is 2.03. The fourth-order valence-electron chi connectivity index (χ4n) is 1.09. The molecule has 0 bridgehead atoms. The predicted octanol–water partition coefficient (Wildman–Crippen LogP) is 3.21. The van der Waals surface area contributed by atoms with E-state index in [1.54, 1.807) is 0 Å². The zero-order valence-corrected chi connectivity index (χ0v) is 9.26. The molecule has 3 heteroatoms. The molecule has 0 radical (unpaired) electrons. The highest BCUT2D eigenvalue weighted by Gasteiger charge is 2.09. The Bertz CT molecular complexity index is 269. The maximum Gasteiger partial charge on any atom is 0.146 e. The molecule has 0 saturated heterocycles. The summed E-state index contributed by atoms with van der Waals surface area (Å²) in [5.41, 5.74) is 2.05. The molecular weight excluding hydrogens is 184 g/mol. The first-order valence-corrected chi connectivity index (χ1v) is 4.94. The molecule has 72 valence electrons. The maximum atomic E-state index is 5.93. The first kappa shape index (κ1) is 10.5. The Morgan fingerprint density at radius 1 is 1.23 bits per heavy atom. The van der Waals surface area contributed by atoms with Gasteiger partial charge in [-0.3, -0.25) is 0 Å². The van der Waals surface area contributed by atoms with Crippen molar-refractivity contribution in [2.24, 2.45) is 0 Å². The van der Waals surface area contributed by atoms with E-state index in [9.17, 15) is 0 Å². The molecule has 0 fully saturated rings. The molecule has 1 aromatic heterocycles. The molecule has 0 saturated carbocycles. The first-order chi connectivity index (χ1) is 6.00. The highest BCUT2D eigenvalue weighted by Crippen LogP contribution is 2.19. The van der Waals surface area contributed by atoms with Crippen LogP contribution in [0.2, 0.25) is 0 Å². The molecule has 0 N–H and O–H groups in total. The first-order valence-electron chi connectivity index (χ1n) is 4.50. The van der Waals surface area contributed by atoms with Crippen molar-refractivity contribution in [2.45, 2.75) is 39.0 Å². The summed E-state index contributed by atoms with van der Waals surface area (Å²) in [4.78, 5) is 8.66. The lowest BCUT2D eigenvalue weighted by Crippen LogP contribution is -2.03. The summed E-state index contributed by atoms with van der Waals surface area (Å²) >= 11 is 5.93. The van der Waals surface area contributed by atoms with Gasteiger partial charge >= 0.3 is 0 Å². The molecular formula is C10H15ClN2. The number of alkyl halides is 1. The van der Waals surface area contributed by atoms with E-state index >= 15 is 0 Å². The monoisotopic (exact) mass is 198 g/mol. The Labute approximate surface area is 84.4 Å². The van der Waals surface area contributed by atoms with Gasteiger partial charge in [-0.15, -0.1) is 11.6 Å². The van der Waals surface area contributed by atoms with E-state index in [1.807, 2.05) is 19.9 Å². The molecule has 1 heterocycles. The van der Waals surface area contributed by atoms with Gasteiger partial charge in [0.25, 0.3) is 0 Å². The molecule has 0 aliphatic heterocycles. The van der Waals surface area contributed by atoms with Crippen molar-refractivity contribution in [3.63, 3.8) is 0 Å². The SMILES string of the molecule is Cc1cc(C(C)C)nc(C(C)Cl)n1. The Balaban J connectivity index is 3.11. The van der Waals surface area contributed by atoms with Crippen LogP contribution in [-0.4, -0.2) is 9.97 Å². The van der Waals surface area contributed by atoms with E-state index < -0.39 is 0 Å². The molecule has 1 atom stereocenters. The summed E-state index contributed by atoms with van der Waals surface area (Å²) in [5, 5.41) is -0.114. The number of aryl methyl sites for hydroxylation is 1. The van der Waals surface area contributed by atoms with Crippen molar-refractivity contribution < 1.29 is 0 Å². The van der Waals surface area contributed by atoms with Crippen LogP contribution in [0.1, 0.15) is 49.3 Å². The third-order valence-electron chi connectivity index (χ3n) is 1.84. The highest BCUT2D eigenvalue weighted by atomic mass is 35.5. The van der Waals surface area contributed by atoms with E-state index in [-0.39, 0.29) is 5.38 Å². The Morgan fingerprint density at radius 2 is 1.85 bits per heavy atom. The summed E-state index contributed by atoms with van der Waals surface area (Å²) in [6.45, 7) is 8.09. The van der Waals surface area contributed by atoms with Crippen molar-refractivity contribution >= 4 is 11.6 Å². The van der Waals surface area contributed by atoms with Gasteiger partial charge in [0, 0.05) is 11.4 Å². The van der Waals surface area contributed by atoms with Crippen LogP contribution in [0.4, 0.5) is 0 Å². The summed E-state index contributed by atoms with van der Waals surface area (Å²) in [6, 6.07) is 2.01. The number of halogens is 1. The van der Waals surface area contributed by atoms with E-state index in [1.165, 1.54) is 0 Å². The van der Waals surface area contributed by atoms with Crippen molar-refractivity contribution in [3.05, 3.63) is 23.3 Å². The molecule has 2 nitrogen and oxygen atoms in total. The van der Waals surface area contributed by atoms with Crippen LogP contribution < -0.4 is 0 Å². The topological polar surface area (TPSA) is 25.8 Å². The van der Waals surface area contributed by atoms with E-state index in [2.05, 4.69) is 23.8 Å². The van der Waals surface area contributed by atoms with Gasteiger partial charge < -0.3 is 0 Å². The van der Waals surface area contributed by atoms with Gasteiger partial charge in [0.1, 0.15) is 5.82 Å². The average molecular weight is 199 g/mol. The standard InChI is InChI=1S/C10H15ClN2/c1-6(2)9-5-7(3)12-10(13-9)8(4)11/h5-6,8H,1-4H3. The summed E-state index contributed by atoms with van der Waals surface area (Å²) < 4.78 is 0. The van der Waals surface area contributed by atoms with Gasteiger partial charge in [0.2, 0.25) is 0 Å². The van der Waals surface area contributed by atoms with Crippen molar-refractivity contribution in [1.29, 1.82) is 0 Å². The second kappa shape index (κ2) is 4.05. The molecule has 0 amide bonds. The lowest BCUT2D eigenvalue weighted by molar-refractivity contribution is 0.772. The normalized spacial score (nSPS) is 13.4. The van der Waals surface area contributed by atoms with Crippen LogP contribution in [-0.2, 0) is 0 Å². The van der Waals surface area contributed by atoms with Crippen LogP contribution in [0, 0.1) is 6.92 Å². The van der Waals surface area contributed by atoms with Crippen LogP contribution in [0.5, 0.6) is 0 Å². The number of hydrogen-bond acceptors (Lipinski definition) is 2. The number of nitrogens with zero attached hydrogens (tertiary/aromatic N) is 2. The smallest absolute Gasteiger partial charge is 0.146 e. The minimum atomic E-state index is -0.114. The number of aromatic nitrogens is 2. The van der Waals surface area contributed by atoms with Crippen molar-refractivity contribution in [1.82, 2.24) is 9.97 Å². The van der Waals surface area contributed by atoms with Gasteiger partial charge in [0.15, 0.2) is 0 Å². The van der Waals surface area contributed by atoms with Gasteiger partial charge in [-0.05, 0) is 25.8 Å². The van der Waals surface area contributed by atoms with Crippen LogP contribution in [0.15, 0.2) is 6.07 Å². The van der Waals surface area contributed by atoms with E-state index in [0.717, 1.165) is 17.2 Å². The lowest BCUT2D eigenvalue weighted by atomic mass is 10.1. The summed E-state index contributed by atoms with van der Waals surface area (Å²) in [5.74, 6) is 1.15. The van der Waals surface area contributed by atoms with Crippen LogP contribution in [0.3, 0.4) is 0 Å². The molecule has 0 spiro atoms. The Kier molecular flexibility index (Phi) is 3.26. The zero-order chi connectivity index (χ0) is 10.0. The van der Waals surface area contributed by atoms with E-state index in [4.69, 9.17) is 11.6 Å². The quantitative estimate of drug-likeness (QED) is 0.682. The van der Waals surface area contributed by atoms with E-state index in [0.29, 0.717) is 5.92 Å². The fourth-order valence-corrected chi connectivity index (χ4v) is 1.19. The third kappa shape index (κ3) is 2.66. The number of hydrogen-bond donors (Lipinski definition) is 0. The van der Waals surface area contributed by atoms with Gasteiger partial charge in [-0.2, -0.15) is 0 Å². The lowest BCUT2D eigenvalue weighted by Gasteiger charge is -2.09. The maximum absolute atomic E-state index is 5.93. The highest BCUT2D eigenvalue weighted by molar-refractivity contribution is 6.20. The molecule has 1 unspecified atom stereocenters. The Hall–Kier alpha value is -0.630. The van der Waals surface area contributed by atoms with Crippen LogP contribution >= 0.6 is 11.6 Å². The van der Waals surface area contributed by atoms with Gasteiger partial charge in [-0.1, -0.05) is 13.8 Å². The van der Waals surface area contributed by atoms with Crippen molar-refractivity contribution in [3.8, 4) is 0 Å².